The van der Waals surface area contributed by atoms with E-state index in [1.54, 1.807) is 0 Å². The Kier molecular flexibility index (Phi) is 248. The Balaban J connectivity index is 0. The number of halogens is 2. The topological polar surface area (TPSA) is 0 Å². The van der Waals surface area contributed by atoms with Crippen LogP contribution in [0.1, 0.15) is 0 Å². The fraction of sp³-hybridized carbons (Fsp3) is 0. The summed E-state index contributed by atoms with van der Waals surface area (Å²) in [5.74, 6) is 0. The summed E-state index contributed by atoms with van der Waals surface area (Å²) in [6, 6.07) is 0. The van der Waals surface area contributed by atoms with E-state index in [2.05, 4.69) is 0 Å². The summed E-state index contributed by atoms with van der Waals surface area (Å²) in [4.78, 5) is 0. The zero-order valence-electron chi connectivity index (χ0n) is 0.816. The van der Waals surface area contributed by atoms with E-state index in [0.29, 0.717) is 0 Å². The first-order chi connectivity index (χ1) is 0. The zero-order chi connectivity index (χ0) is 0. The van der Waals surface area contributed by atoms with Crippen LogP contribution in [0.25, 0.3) is 0 Å². The number of hydrogen-bond acceptors (Lipinski definition) is 0. The van der Waals surface area contributed by atoms with Crippen molar-refractivity contribution in [2.24, 2.45) is 0 Å². The second kappa shape index (κ2) is 28.2. The molecule has 0 radical (unpaired) electrons. The van der Waals surface area contributed by atoms with Gasteiger partial charge in [-0.15, -0.1) is 0 Å². The monoisotopic (exact) mass is 234 g/mol. The third kappa shape index (κ3) is 19.5. The third-order valence-corrected chi connectivity index (χ3v) is 0. The molecule has 0 unspecified atom stereocenters. The molecule has 0 saturated carbocycles. The SMILES string of the molecule is F.F.[AlH3].[BaH2].[NaH]. The first-order valence-corrected chi connectivity index (χ1v) is 0. The number of rotatable bonds is 0. The van der Waals surface area contributed by atoms with Crippen LogP contribution in [-0.4, -0.2) is 95.8 Å². The van der Waals surface area contributed by atoms with E-state index in [1.165, 1.54) is 0 Å². The van der Waals surface area contributed by atoms with Crippen molar-refractivity contribution in [1.29, 1.82) is 0 Å². The quantitative estimate of drug-likeness (QED) is 0.408. The van der Waals surface area contributed by atoms with Gasteiger partial charge >= 0.3 is 78.4 Å². The van der Waals surface area contributed by atoms with E-state index in [-0.39, 0.29) is 105 Å². The van der Waals surface area contributed by atoms with Crippen LogP contribution in [0.2, 0.25) is 0 Å². The Hall–Kier alpha value is 2.96. The van der Waals surface area contributed by atoms with Gasteiger partial charge in [-0.3, -0.25) is 9.41 Å². The van der Waals surface area contributed by atoms with Crippen molar-refractivity contribution >= 4 is 95.8 Å². The summed E-state index contributed by atoms with van der Waals surface area (Å²) in [5, 5.41) is 0. The van der Waals surface area contributed by atoms with Gasteiger partial charge in [0.1, 0.15) is 0 Å². The van der Waals surface area contributed by atoms with Crippen molar-refractivity contribution in [3.05, 3.63) is 0 Å². The first kappa shape index (κ1) is 44.0. The maximum absolute atomic E-state index is 0. The van der Waals surface area contributed by atoms with Gasteiger partial charge in [-0.25, -0.2) is 0 Å². The summed E-state index contributed by atoms with van der Waals surface area (Å²) in [5.41, 5.74) is 0. The minimum absolute atomic E-state index is 0. The average molecular weight is 233 g/mol. The fourth-order valence-corrected chi connectivity index (χ4v) is 0. The van der Waals surface area contributed by atoms with Crippen LogP contribution in [0.4, 0.5) is 9.41 Å². The summed E-state index contributed by atoms with van der Waals surface area (Å²) in [6.45, 7) is 0. The second-order valence-electron chi connectivity index (χ2n) is 0. The van der Waals surface area contributed by atoms with Crippen molar-refractivity contribution in [2.75, 3.05) is 0 Å². The van der Waals surface area contributed by atoms with E-state index in [0.717, 1.165) is 0 Å². The van der Waals surface area contributed by atoms with Gasteiger partial charge in [-0.2, -0.15) is 0 Å². The molecule has 5 heavy (non-hydrogen) atoms. The van der Waals surface area contributed by atoms with Gasteiger partial charge in [0.05, 0.1) is 0 Å². The molecule has 0 saturated heterocycles. The molecule has 0 rings (SSSR count). The molecule has 28 valence electrons. The van der Waals surface area contributed by atoms with E-state index in [9.17, 15) is 0 Å². The van der Waals surface area contributed by atoms with Gasteiger partial charge in [-0.1, -0.05) is 0 Å². The van der Waals surface area contributed by atoms with Crippen LogP contribution in [0.3, 0.4) is 0 Å². The molecule has 0 fully saturated rings. The Morgan fingerprint density at radius 3 is 0.800 bits per heavy atom. The van der Waals surface area contributed by atoms with Crippen LogP contribution in [0, 0.1) is 0 Å². The molecule has 0 aromatic rings. The van der Waals surface area contributed by atoms with E-state index >= 15 is 0 Å². The van der Waals surface area contributed by atoms with E-state index in [1.807, 2.05) is 0 Å². The van der Waals surface area contributed by atoms with Crippen LogP contribution >= 0.6 is 0 Å². The van der Waals surface area contributed by atoms with Crippen molar-refractivity contribution in [2.45, 2.75) is 0 Å². The van der Waals surface area contributed by atoms with Gasteiger partial charge in [0.15, 0.2) is 17.4 Å². The summed E-state index contributed by atoms with van der Waals surface area (Å²) in [6.07, 6.45) is 0. The molecule has 0 aliphatic carbocycles. The molecule has 0 bridgehead atoms. The zero-order valence-corrected chi connectivity index (χ0v) is 0.816. The van der Waals surface area contributed by atoms with Crippen LogP contribution in [-0.2, 0) is 0 Å². The molecule has 0 atom stereocenters. The summed E-state index contributed by atoms with van der Waals surface area (Å²) < 4.78 is 0. The van der Waals surface area contributed by atoms with E-state index in [4.69, 9.17) is 0 Å². The molecule has 5 heteroatoms. The summed E-state index contributed by atoms with van der Waals surface area (Å²) in [7, 11) is 0. The van der Waals surface area contributed by atoms with Crippen molar-refractivity contribution in [1.82, 2.24) is 0 Å². The van der Waals surface area contributed by atoms with Gasteiger partial charge < -0.3 is 0 Å². The molecule has 0 aliphatic rings. The van der Waals surface area contributed by atoms with Gasteiger partial charge in [0, 0.05) is 0 Å². The minimum atomic E-state index is 0. The van der Waals surface area contributed by atoms with Gasteiger partial charge in [0.25, 0.3) is 0 Å². The Labute approximate surface area is 103 Å². The fourth-order valence-electron chi connectivity index (χ4n) is 0. The molecular formula is H8AlBaF2Na. The molecule has 0 nitrogen and oxygen atoms in total. The summed E-state index contributed by atoms with van der Waals surface area (Å²) >= 11 is 0. The predicted molar refractivity (Wildman–Crippen MR) is 30.6 cm³/mol. The maximum atomic E-state index is 0. The molecule has 0 N–H and O–H groups in total. The molecular weight excluding hydrogens is 225 g/mol. The molecule has 0 aliphatic heterocycles. The molecule has 0 aromatic carbocycles. The van der Waals surface area contributed by atoms with Crippen molar-refractivity contribution < 1.29 is 9.41 Å². The Bertz CT molecular complexity index is 9.61. The van der Waals surface area contributed by atoms with Crippen LogP contribution in [0.15, 0.2) is 0 Å². The molecule has 0 aromatic heterocycles. The van der Waals surface area contributed by atoms with Crippen LogP contribution < -0.4 is 0 Å². The molecule has 0 amide bonds. The van der Waals surface area contributed by atoms with Gasteiger partial charge in [-0.05, 0) is 0 Å². The first-order valence-electron chi connectivity index (χ1n) is 0. The van der Waals surface area contributed by atoms with Crippen molar-refractivity contribution in [3.63, 3.8) is 0 Å². The van der Waals surface area contributed by atoms with Gasteiger partial charge in [0.2, 0.25) is 0 Å². The van der Waals surface area contributed by atoms with E-state index < -0.39 is 0 Å². The second-order valence-corrected chi connectivity index (χ2v) is 0. The Morgan fingerprint density at radius 2 is 0.800 bits per heavy atom. The average Bonchev–Trinajstić information content (AvgIpc) is 0. The molecule has 0 heterocycles. The molecule has 0 spiro atoms. The normalized spacial score (nSPS) is 0. The predicted octanol–water partition coefficient (Wildman–Crippen LogP) is -2.44. The standard InChI is InChI=1S/Al.Ba.2FH.Na.6H/h;;2*1H;;;;;;;. The number of hydrogen-bond donors (Lipinski definition) is 0. The van der Waals surface area contributed by atoms with Crippen molar-refractivity contribution in [3.8, 4) is 0 Å². The van der Waals surface area contributed by atoms with Crippen LogP contribution in [0.5, 0.6) is 0 Å². The Morgan fingerprint density at radius 1 is 0.800 bits per heavy atom. The third-order valence-electron chi connectivity index (χ3n) is 0.